The van der Waals surface area contributed by atoms with Crippen LogP contribution >= 0.6 is 0 Å². The number of carbonyl (C=O) groups excluding carboxylic acids is 1. The number of hydrogen-bond acceptors (Lipinski definition) is 4. The number of hydrogen-bond donors (Lipinski definition) is 0. The fraction of sp³-hybridized carbons (Fsp3) is 0.588. The van der Waals surface area contributed by atoms with Gasteiger partial charge in [0.2, 0.25) is 0 Å². The Hall–Kier alpha value is -2.11. The molecule has 0 radical (unpaired) electrons. The minimum atomic E-state index is -0.287. The van der Waals surface area contributed by atoms with Crippen molar-refractivity contribution in [1.29, 1.82) is 0 Å². The molecule has 1 fully saturated rings. The van der Waals surface area contributed by atoms with Crippen molar-refractivity contribution in [3.05, 3.63) is 34.6 Å². The summed E-state index contributed by atoms with van der Waals surface area (Å²) in [7, 11) is 0. The van der Waals surface area contributed by atoms with Crippen LogP contribution in [0.15, 0.2) is 23.4 Å². The summed E-state index contributed by atoms with van der Waals surface area (Å²) in [6, 6.07) is 0. The van der Waals surface area contributed by atoms with Crippen LogP contribution in [0.2, 0.25) is 0 Å². The van der Waals surface area contributed by atoms with E-state index >= 15 is 0 Å². The van der Waals surface area contributed by atoms with E-state index in [2.05, 4.69) is 4.98 Å². The zero-order valence-electron chi connectivity index (χ0n) is 13.5. The molecule has 6 nitrogen and oxygen atoms in total. The van der Waals surface area contributed by atoms with Crippen molar-refractivity contribution < 1.29 is 9.53 Å². The number of carbonyl (C=O) groups is 1. The summed E-state index contributed by atoms with van der Waals surface area (Å²) in [5, 5.41) is 0. The predicted molar refractivity (Wildman–Crippen MR) is 86.5 cm³/mol. The summed E-state index contributed by atoms with van der Waals surface area (Å²) in [6.07, 6.45) is 12.1. The highest BCUT2D eigenvalue weighted by Crippen LogP contribution is 2.33. The number of fused-ring (bicyclic) bond motifs is 1. The van der Waals surface area contributed by atoms with Crippen LogP contribution in [0, 0.1) is 0 Å². The molecule has 0 bridgehead atoms. The van der Waals surface area contributed by atoms with E-state index in [1.165, 1.54) is 31.7 Å². The first-order chi connectivity index (χ1) is 11.2. The summed E-state index contributed by atoms with van der Waals surface area (Å²) in [4.78, 5) is 27.7. The van der Waals surface area contributed by atoms with Gasteiger partial charge in [-0.1, -0.05) is 19.3 Å². The molecule has 2 aromatic rings. The van der Waals surface area contributed by atoms with Crippen molar-refractivity contribution in [3.8, 4) is 0 Å². The molecular formula is C17H23N3O3. The summed E-state index contributed by atoms with van der Waals surface area (Å²) in [6.45, 7) is 2.27. The molecular weight excluding hydrogens is 294 g/mol. The van der Waals surface area contributed by atoms with Gasteiger partial charge in [-0.2, -0.15) is 0 Å². The van der Waals surface area contributed by atoms with Gasteiger partial charge in [0.05, 0.1) is 6.61 Å². The SMILES string of the molecule is CC(=O)OCCCn1cc(C2CCCCC2)c2nccn2c1=O. The quantitative estimate of drug-likeness (QED) is 0.628. The van der Waals surface area contributed by atoms with Gasteiger partial charge in [-0.3, -0.25) is 13.8 Å². The van der Waals surface area contributed by atoms with Crippen molar-refractivity contribution in [3.63, 3.8) is 0 Å². The zero-order valence-corrected chi connectivity index (χ0v) is 13.5. The van der Waals surface area contributed by atoms with Crippen LogP contribution in [0.4, 0.5) is 0 Å². The predicted octanol–water partition coefficient (Wildman–Crippen LogP) is 2.50. The van der Waals surface area contributed by atoms with E-state index < -0.39 is 0 Å². The highest BCUT2D eigenvalue weighted by atomic mass is 16.5. The number of esters is 1. The molecule has 0 N–H and O–H groups in total. The fourth-order valence-corrected chi connectivity index (χ4v) is 3.40. The molecule has 3 rings (SSSR count). The summed E-state index contributed by atoms with van der Waals surface area (Å²) in [5.74, 6) is 0.194. The first-order valence-electron chi connectivity index (χ1n) is 8.36. The number of rotatable bonds is 5. The Labute approximate surface area is 135 Å². The molecule has 0 spiro atoms. The first-order valence-corrected chi connectivity index (χ1v) is 8.36. The van der Waals surface area contributed by atoms with Gasteiger partial charge in [0, 0.05) is 37.6 Å². The van der Waals surface area contributed by atoms with Crippen LogP contribution in [0.5, 0.6) is 0 Å². The normalized spacial score (nSPS) is 15.9. The zero-order chi connectivity index (χ0) is 16.2. The number of aryl methyl sites for hydroxylation is 1. The molecule has 23 heavy (non-hydrogen) atoms. The number of ether oxygens (including phenoxy) is 1. The molecule has 0 saturated heterocycles. The van der Waals surface area contributed by atoms with E-state index in [9.17, 15) is 9.59 Å². The third-order valence-electron chi connectivity index (χ3n) is 4.54. The summed E-state index contributed by atoms with van der Waals surface area (Å²) >= 11 is 0. The molecule has 0 unspecified atom stereocenters. The Morgan fingerprint density at radius 1 is 1.35 bits per heavy atom. The Balaban J connectivity index is 1.87. The van der Waals surface area contributed by atoms with Gasteiger partial charge in [0.1, 0.15) is 5.65 Å². The van der Waals surface area contributed by atoms with Crippen molar-refractivity contribution in [2.45, 2.75) is 57.9 Å². The Morgan fingerprint density at radius 2 is 2.13 bits per heavy atom. The van der Waals surface area contributed by atoms with Crippen molar-refractivity contribution in [2.24, 2.45) is 0 Å². The van der Waals surface area contributed by atoms with E-state index in [1.54, 1.807) is 21.4 Å². The molecule has 1 aliphatic carbocycles. The van der Waals surface area contributed by atoms with Gasteiger partial charge in [-0.25, -0.2) is 9.78 Å². The van der Waals surface area contributed by atoms with E-state index in [4.69, 9.17) is 4.74 Å². The van der Waals surface area contributed by atoms with Crippen LogP contribution in [0.3, 0.4) is 0 Å². The smallest absolute Gasteiger partial charge is 0.333 e. The van der Waals surface area contributed by atoms with Crippen LogP contribution in [-0.4, -0.2) is 26.5 Å². The fourth-order valence-electron chi connectivity index (χ4n) is 3.40. The Kier molecular flexibility index (Phi) is 4.79. The number of imidazole rings is 1. The highest BCUT2D eigenvalue weighted by Gasteiger charge is 2.20. The molecule has 124 valence electrons. The lowest BCUT2D eigenvalue weighted by molar-refractivity contribution is -0.141. The standard InChI is InChI=1S/C17H23N3O3/c1-13(21)23-11-5-9-19-12-15(14-6-3-2-4-7-14)16-18-8-10-20(16)17(19)22/h8,10,12,14H,2-7,9,11H2,1H3. The molecule has 0 atom stereocenters. The van der Waals surface area contributed by atoms with E-state index in [1.807, 2.05) is 6.20 Å². The van der Waals surface area contributed by atoms with Crippen molar-refractivity contribution in [2.75, 3.05) is 6.61 Å². The molecule has 0 aliphatic heterocycles. The molecule has 6 heteroatoms. The van der Waals surface area contributed by atoms with E-state index in [0.29, 0.717) is 25.5 Å². The van der Waals surface area contributed by atoms with E-state index in [-0.39, 0.29) is 11.7 Å². The van der Waals surface area contributed by atoms with Crippen LogP contribution in [0.25, 0.3) is 5.65 Å². The van der Waals surface area contributed by atoms with Crippen molar-refractivity contribution in [1.82, 2.24) is 14.0 Å². The van der Waals surface area contributed by atoms with Gasteiger partial charge in [0.25, 0.3) is 0 Å². The average molecular weight is 317 g/mol. The van der Waals surface area contributed by atoms with Crippen LogP contribution in [0.1, 0.15) is 56.9 Å². The molecule has 1 saturated carbocycles. The van der Waals surface area contributed by atoms with Crippen molar-refractivity contribution >= 4 is 11.6 Å². The minimum absolute atomic E-state index is 0.0834. The second-order valence-corrected chi connectivity index (χ2v) is 6.21. The maximum atomic E-state index is 12.5. The molecule has 0 amide bonds. The topological polar surface area (TPSA) is 65.6 Å². The second kappa shape index (κ2) is 6.98. The molecule has 0 aromatic carbocycles. The molecule has 2 heterocycles. The largest absolute Gasteiger partial charge is 0.466 e. The number of nitrogens with zero attached hydrogens (tertiary/aromatic N) is 3. The van der Waals surface area contributed by atoms with Gasteiger partial charge in [-0.15, -0.1) is 0 Å². The third-order valence-corrected chi connectivity index (χ3v) is 4.54. The molecule has 2 aromatic heterocycles. The van der Waals surface area contributed by atoms with Crippen LogP contribution in [-0.2, 0) is 16.1 Å². The average Bonchev–Trinajstić information content (AvgIpc) is 3.04. The van der Waals surface area contributed by atoms with Gasteiger partial charge in [-0.05, 0) is 25.2 Å². The lowest BCUT2D eigenvalue weighted by atomic mass is 9.85. The summed E-state index contributed by atoms with van der Waals surface area (Å²) < 4.78 is 8.31. The van der Waals surface area contributed by atoms with E-state index in [0.717, 1.165) is 18.5 Å². The summed E-state index contributed by atoms with van der Waals surface area (Å²) in [5.41, 5.74) is 1.87. The maximum absolute atomic E-state index is 12.5. The molecule has 1 aliphatic rings. The highest BCUT2D eigenvalue weighted by molar-refractivity contribution is 5.65. The first kappa shape index (κ1) is 15.8. The Morgan fingerprint density at radius 3 is 2.87 bits per heavy atom. The monoisotopic (exact) mass is 317 g/mol. The lowest BCUT2D eigenvalue weighted by Crippen LogP contribution is -2.28. The van der Waals surface area contributed by atoms with Gasteiger partial charge in [0.15, 0.2) is 0 Å². The Bertz CT molecular complexity index is 741. The van der Waals surface area contributed by atoms with Gasteiger partial charge >= 0.3 is 11.7 Å². The number of aromatic nitrogens is 3. The second-order valence-electron chi connectivity index (χ2n) is 6.21. The van der Waals surface area contributed by atoms with Crippen LogP contribution < -0.4 is 5.69 Å². The third kappa shape index (κ3) is 3.46. The maximum Gasteiger partial charge on any atom is 0.333 e. The van der Waals surface area contributed by atoms with Gasteiger partial charge < -0.3 is 4.74 Å². The minimum Gasteiger partial charge on any atom is -0.466 e. The lowest BCUT2D eigenvalue weighted by Gasteiger charge is -2.23.